The van der Waals surface area contributed by atoms with Gasteiger partial charge < -0.3 is 0 Å². The molecule has 0 saturated heterocycles. The molecule has 0 atom stereocenters. The number of sulfonamides is 1. The van der Waals surface area contributed by atoms with Crippen LogP contribution in [0.5, 0.6) is 0 Å². The number of benzene rings is 1. The number of anilines is 1. The van der Waals surface area contributed by atoms with Crippen molar-refractivity contribution in [1.29, 1.82) is 0 Å². The molecule has 2 rings (SSSR count). The van der Waals surface area contributed by atoms with E-state index in [4.69, 9.17) is 0 Å². The van der Waals surface area contributed by atoms with Gasteiger partial charge in [0, 0.05) is 18.7 Å². The first kappa shape index (κ1) is 19.5. The van der Waals surface area contributed by atoms with Crippen molar-refractivity contribution >= 4 is 21.9 Å². The Morgan fingerprint density at radius 3 is 2.54 bits per heavy atom. The molecule has 0 radical (unpaired) electrons. The summed E-state index contributed by atoms with van der Waals surface area (Å²) in [4.78, 5) is 26.1. The molecule has 0 spiro atoms. The van der Waals surface area contributed by atoms with Crippen LogP contribution in [-0.4, -0.2) is 46.9 Å². The second kappa shape index (κ2) is 8.06. The molecule has 140 valence electrons. The van der Waals surface area contributed by atoms with Gasteiger partial charge in [0.2, 0.25) is 16.0 Å². The van der Waals surface area contributed by atoms with Crippen molar-refractivity contribution in [3.63, 3.8) is 0 Å². The summed E-state index contributed by atoms with van der Waals surface area (Å²) in [6, 6.07) is 5.68. The van der Waals surface area contributed by atoms with Crippen molar-refractivity contribution in [2.45, 2.75) is 25.7 Å². The SMILES string of the molecule is CCN(CC)S(=O)(=O)c1cccc(C(=O)NNc2nnc(C)c(=O)[nH]2)c1. The lowest BCUT2D eigenvalue weighted by atomic mass is 10.2. The Kier molecular flexibility index (Phi) is 6.05. The fourth-order valence-corrected chi connectivity index (χ4v) is 3.65. The van der Waals surface area contributed by atoms with E-state index < -0.39 is 21.5 Å². The molecule has 10 nitrogen and oxygen atoms in total. The number of carbonyl (C=O) groups is 1. The molecule has 0 bridgehead atoms. The molecular weight excluding hydrogens is 360 g/mol. The lowest BCUT2D eigenvalue weighted by Crippen LogP contribution is -2.33. The second-order valence-electron chi connectivity index (χ2n) is 5.28. The molecule has 0 fully saturated rings. The first-order valence-electron chi connectivity index (χ1n) is 7.89. The number of aryl methyl sites for hydroxylation is 1. The minimum atomic E-state index is -3.67. The minimum absolute atomic E-state index is 0.0254. The molecule has 1 aromatic carbocycles. The molecular formula is C15H20N6O4S. The summed E-state index contributed by atoms with van der Waals surface area (Å²) in [6.07, 6.45) is 0. The number of aromatic nitrogens is 3. The number of nitrogens with zero attached hydrogens (tertiary/aromatic N) is 3. The monoisotopic (exact) mass is 380 g/mol. The van der Waals surface area contributed by atoms with E-state index in [0.29, 0.717) is 13.1 Å². The summed E-state index contributed by atoms with van der Waals surface area (Å²) in [5.74, 6) is -0.634. The van der Waals surface area contributed by atoms with Crippen LogP contribution in [0, 0.1) is 6.92 Å². The van der Waals surface area contributed by atoms with Crippen LogP contribution in [0.4, 0.5) is 5.95 Å². The third kappa shape index (κ3) is 4.24. The first-order chi connectivity index (χ1) is 12.3. The summed E-state index contributed by atoms with van der Waals surface area (Å²) in [7, 11) is -3.67. The van der Waals surface area contributed by atoms with Crippen LogP contribution >= 0.6 is 0 Å². The Morgan fingerprint density at radius 1 is 1.23 bits per heavy atom. The molecule has 26 heavy (non-hydrogen) atoms. The van der Waals surface area contributed by atoms with Gasteiger partial charge in [0.1, 0.15) is 5.69 Å². The zero-order chi connectivity index (χ0) is 19.3. The lowest BCUT2D eigenvalue weighted by molar-refractivity contribution is 0.0962. The number of rotatable bonds is 7. The molecule has 1 amide bonds. The lowest BCUT2D eigenvalue weighted by Gasteiger charge is -2.18. The highest BCUT2D eigenvalue weighted by Gasteiger charge is 2.22. The number of aromatic amines is 1. The molecule has 0 saturated carbocycles. The summed E-state index contributed by atoms with van der Waals surface area (Å²) >= 11 is 0. The zero-order valence-corrected chi connectivity index (χ0v) is 15.4. The topological polar surface area (TPSA) is 137 Å². The third-order valence-corrected chi connectivity index (χ3v) is 5.64. The Morgan fingerprint density at radius 2 is 1.92 bits per heavy atom. The Bertz CT molecular complexity index is 953. The van der Waals surface area contributed by atoms with E-state index in [2.05, 4.69) is 26.0 Å². The Labute approximate surface area is 150 Å². The molecule has 3 N–H and O–H groups in total. The van der Waals surface area contributed by atoms with E-state index in [1.54, 1.807) is 13.8 Å². The molecule has 0 aliphatic rings. The van der Waals surface area contributed by atoms with E-state index in [1.165, 1.54) is 35.5 Å². The van der Waals surface area contributed by atoms with Gasteiger partial charge in [-0.05, 0) is 25.1 Å². The van der Waals surface area contributed by atoms with Gasteiger partial charge in [-0.15, -0.1) is 10.2 Å². The summed E-state index contributed by atoms with van der Waals surface area (Å²) < 4.78 is 26.4. The second-order valence-corrected chi connectivity index (χ2v) is 7.22. The van der Waals surface area contributed by atoms with Crippen LogP contribution in [-0.2, 0) is 10.0 Å². The molecule has 1 heterocycles. The van der Waals surface area contributed by atoms with Gasteiger partial charge in [0.05, 0.1) is 4.90 Å². The summed E-state index contributed by atoms with van der Waals surface area (Å²) in [6.45, 7) is 5.64. The van der Waals surface area contributed by atoms with Crippen molar-refractivity contribution in [3.05, 3.63) is 45.9 Å². The van der Waals surface area contributed by atoms with Gasteiger partial charge in [-0.25, -0.2) is 8.42 Å². The predicted molar refractivity (Wildman–Crippen MR) is 95.0 cm³/mol. The zero-order valence-electron chi connectivity index (χ0n) is 14.6. The van der Waals surface area contributed by atoms with Crippen LogP contribution in [0.1, 0.15) is 29.9 Å². The fraction of sp³-hybridized carbons (Fsp3) is 0.333. The Balaban J connectivity index is 2.17. The van der Waals surface area contributed by atoms with Gasteiger partial charge in [-0.1, -0.05) is 19.9 Å². The maximum Gasteiger partial charge on any atom is 0.274 e. The molecule has 1 aromatic heterocycles. The van der Waals surface area contributed by atoms with Gasteiger partial charge in [0.15, 0.2) is 0 Å². The van der Waals surface area contributed by atoms with Crippen LogP contribution in [0.3, 0.4) is 0 Å². The predicted octanol–water partition coefficient (Wildman–Crippen LogP) is 0.261. The van der Waals surface area contributed by atoms with Gasteiger partial charge >= 0.3 is 0 Å². The van der Waals surface area contributed by atoms with Crippen LogP contribution in [0.2, 0.25) is 0 Å². The average Bonchev–Trinajstić information content (AvgIpc) is 2.63. The highest BCUT2D eigenvalue weighted by Crippen LogP contribution is 2.17. The number of hydrogen-bond acceptors (Lipinski definition) is 7. The average molecular weight is 380 g/mol. The minimum Gasteiger partial charge on any atom is -0.288 e. The standard InChI is InChI=1S/C15H20N6O4S/c1-4-21(5-2)26(24,25)12-8-6-7-11(9-12)14(23)18-20-15-16-13(22)10(3)17-19-15/h6-9H,4-5H2,1-3H3,(H,18,23)(H2,16,19,20,22). The van der Waals surface area contributed by atoms with E-state index >= 15 is 0 Å². The third-order valence-electron chi connectivity index (χ3n) is 3.59. The number of H-pyrrole nitrogens is 1. The molecule has 11 heteroatoms. The van der Waals surface area contributed by atoms with E-state index in [-0.39, 0.29) is 22.1 Å². The van der Waals surface area contributed by atoms with Crippen LogP contribution in [0.15, 0.2) is 34.0 Å². The largest absolute Gasteiger partial charge is 0.288 e. The molecule has 2 aromatic rings. The van der Waals surface area contributed by atoms with Crippen molar-refractivity contribution in [2.75, 3.05) is 18.5 Å². The number of hydrogen-bond donors (Lipinski definition) is 3. The smallest absolute Gasteiger partial charge is 0.274 e. The maximum atomic E-state index is 12.5. The number of carbonyl (C=O) groups excluding carboxylic acids is 1. The van der Waals surface area contributed by atoms with Crippen molar-refractivity contribution in [2.24, 2.45) is 0 Å². The van der Waals surface area contributed by atoms with Crippen LogP contribution < -0.4 is 16.4 Å². The quantitative estimate of drug-likeness (QED) is 0.586. The van der Waals surface area contributed by atoms with Crippen LogP contribution in [0.25, 0.3) is 0 Å². The molecule has 0 unspecified atom stereocenters. The van der Waals surface area contributed by atoms with Gasteiger partial charge in [0.25, 0.3) is 11.5 Å². The number of hydrazine groups is 1. The number of amides is 1. The normalized spacial score (nSPS) is 11.4. The highest BCUT2D eigenvalue weighted by atomic mass is 32.2. The van der Waals surface area contributed by atoms with Crippen molar-refractivity contribution in [3.8, 4) is 0 Å². The van der Waals surface area contributed by atoms with Crippen molar-refractivity contribution in [1.82, 2.24) is 24.9 Å². The van der Waals surface area contributed by atoms with Crippen molar-refractivity contribution < 1.29 is 13.2 Å². The van der Waals surface area contributed by atoms with E-state index in [0.717, 1.165) is 0 Å². The van der Waals surface area contributed by atoms with E-state index in [9.17, 15) is 18.0 Å². The molecule has 0 aliphatic heterocycles. The highest BCUT2D eigenvalue weighted by molar-refractivity contribution is 7.89. The maximum absolute atomic E-state index is 12.5. The van der Waals surface area contributed by atoms with E-state index in [1.807, 2.05) is 0 Å². The van der Waals surface area contributed by atoms with Gasteiger partial charge in [-0.2, -0.15) is 4.31 Å². The Hall–Kier alpha value is -2.79. The molecule has 0 aliphatic carbocycles. The summed E-state index contributed by atoms with van der Waals surface area (Å²) in [5.41, 5.74) is 4.64. The number of nitrogens with one attached hydrogen (secondary N) is 3. The summed E-state index contributed by atoms with van der Waals surface area (Å²) in [5, 5.41) is 7.29. The fourth-order valence-electron chi connectivity index (χ4n) is 2.15. The first-order valence-corrected chi connectivity index (χ1v) is 9.33. The van der Waals surface area contributed by atoms with Gasteiger partial charge in [-0.3, -0.25) is 25.4 Å².